The van der Waals surface area contributed by atoms with E-state index < -0.39 is 9.84 Å². The van der Waals surface area contributed by atoms with E-state index in [-0.39, 0.29) is 23.5 Å². The molecule has 1 unspecified atom stereocenters. The maximum atomic E-state index is 11.9. The highest BCUT2D eigenvalue weighted by atomic mass is 79.9. The van der Waals surface area contributed by atoms with Crippen LogP contribution in [0, 0.1) is 6.92 Å². The first-order valence-electron chi connectivity index (χ1n) is 6.85. The van der Waals surface area contributed by atoms with Gasteiger partial charge in [-0.3, -0.25) is 4.79 Å². The van der Waals surface area contributed by atoms with Gasteiger partial charge in [0.1, 0.15) is 0 Å². The van der Waals surface area contributed by atoms with Crippen molar-refractivity contribution in [2.45, 2.75) is 25.8 Å². The molecule has 21 heavy (non-hydrogen) atoms. The summed E-state index contributed by atoms with van der Waals surface area (Å²) in [5.74, 6) is 0.332. The summed E-state index contributed by atoms with van der Waals surface area (Å²) < 4.78 is 23.5. The van der Waals surface area contributed by atoms with Gasteiger partial charge >= 0.3 is 0 Å². The Morgan fingerprint density at radius 1 is 1.43 bits per heavy atom. The molecule has 2 rings (SSSR count). The van der Waals surface area contributed by atoms with Gasteiger partial charge in [-0.15, -0.1) is 0 Å². The SMILES string of the molecule is Cc1ccc(NC(=O)CCNC2CCS(=O)(=O)C2)c(Br)c1. The number of rotatable bonds is 5. The van der Waals surface area contributed by atoms with Crippen LogP contribution in [0.1, 0.15) is 18.4 Å². The van der Waals surface area contributed by atoms with E-state index in [1.54, 1.807) is 0 Å². The summed E-state index contributed by atoms with van der Waals surface area (Å²) in [5.41, 5.74) is 1.86. The van der Waals surface area contributed by atoms with Gasteiger partial charge in [-0.2, -0.15) is 0 Å². The third-order valence-corrected chi connectivity index (χ3v) is 5.84. The number of hydrogen-bond donors (Lipinski definition) is 2. The molecule has 1 saturated heterocycles. The Balaban J connectivity index is 1.75. The molecule has 0 aliphatic carbocycles. The van der Waals surface area contributed by atoms with Crippen LogP contribution in [0.2, 0.25) is 0 Å². The third-order valence-electron chi connectivity index (χ3n) is 3.42. The molecule has 1 aromatic rings. The number of carbonyl (C=O) groups is 1. The molecule has 1 atom stereocenters. The Bertz CT molecular complexity index is 631. The molecule has 116 valence electrons. The zero-order valence-corrected chi connectivity index (χ0v) is 14.3. The summed E-state index contributed by atoms with van der Waals surface area (Å²) in [6.45, 7) is 2.46. The Morgan fingerprint density at radius 2 is 2.19 bits per heavy atom. The average molecular weight is 375 g/mol. The largest absolute Gasteiger partial charge is 0.325 e. The molecule has 1 aliphatic rings. The van der Waals surface area contributed by atoms with E-state index >= 15 is 0 Å². The highest BCUT2D eigenvalue weighted by Gasteiger charge is 2.27. The van der Waals surface area contributed by atoms with Crippen molar-refractivity contribution in [1.29, 1.82) is 0 Å². The number of anilines is 1. The molecule has 7 heteroatoms. The van der Waals surface area contributed by atoms with Gasteiger partial charge in [0.05, 0.1) is 17.2 Å². The highest BCUT2D eigenvalue weighted by Crippen LogP contribution is 2.23. The van der Waals surface area contributed by atoms with E-state index in [0.717, 1.165) is 15.7 Å². The first kappa shape index (κ1) is 16.5. The maximum absolute atomic E-state index is 11.9. The topological polar surface area (TPSA) is 75.3 Å². The fourth-order valence-electron chi connectivity index (χ4n) is 2.28. The standard InChI is InChI=1S/C14H19BrN2O3S/c1-10-2-3-13(12(15)8-10)17-14(18)4-6-16-11-5-7-21(19,20)9-11/h2-3,8,11,16H,4-7,9H2,1H3,(H,17,18). The van der Waals surface area contributed by atoms with Crippen LogP contribution in [0.5, 0.6) is 0 Å². The van der Waals surface area contributed by atoms with Crippen LogP contribution < -0.4 is 10.6 Å². The van der Waals surface area contributed by atoms with Crippen LogP contribution in [-0.4, -0.2) is 38.4 Å². The minimum atomic E-state index is -2.87. The van der Waals surface area contributed by atoms with Gasteiger partial charge in [0.25, 0.3) is 0 Å². The Hall–Kier alpha value is -0.920. The zero-order chi connectivity index (χ0) is 15.5. The van der Waals surface area contributed by atoms with E-state index in [0.29, 0.717) is 19.4 Å². The van der Waals surface area contributed by atoms with Crippen LogP contribution in [0.15, 0.2) is 22.7 Å². The normalized spacial score (nSPS) is 20.4. The Morgan fingerprint density at radius 3 is 2.81 bits per heavy atom. The highest BCUT2D eigenvalue weighted by molar-refractivity contribution is 9.10. The lowest BCUT2D eigenvalue weighted by atomic mass is 10.2. The number of carbonyl (C=O) groups excluding carboxylic acids is 1. The molecule has 5 nitrogen and oxygen atoms in total. The van der Waals surface area contributed by atoms with Gasteiger partial charge < -0.3 is 10.6 Å². The number of nitrogens with one attached hydrogen (secondary N) is 2. The molecule has 0 spiro atoms. The second kappa shape index (κ2) is 6.89. The van der Waals surface area contributed by atoms with Crippen LogP contribution in [-0.2, 0) is 14.6 Å². The summed E-state index contributed by atoms with van der Waals surface area (Å²) in [5, 5.41) is 5.96. The van der Waals surface area contributed by atoms with Gasteiger partial charge in [0, 0.05) is 23.5 Å². The van der Waals surface area contributed by atoms with Gasteiger partial charge in [0.15, 0.2) is 9.84 Å². The van der Waals surface area contributed by atoms with Crippen molar-refractivity contribution in [3.63, 3.8) is 0 Å². The first-order chi connectivity index (χ1) is 9.85. The number of benzene rings is 1. The van der Waals surface area contributed by atoms with E-state index in [1.165, 1.54) is 0 Å². The molecule has 0 aromatic heterocycles. The van der Waals surface area contributed by atoms with Crippen molar-refractivity contribution >= 4 is 37.4 Å². The van der Waals surface area contributed by atoms with Crippen molar-refractivity contribution in [2.75, 3.05) is 23.4 Å². The minimum absolute atomic E-state index is 0.0195. The zero-order valence-electron chi connectivity index (χ0n) is 11.9. The lowest BCUT2D eigenvalue weighted by molar-refractivity contribution is -0.116. The molecule has 0 bridgehead atoms. The predicted molar refractivity (Wildman–Crippen MR) is 87.2 cm³/mol. The van der Waals surface area contributed by atoms with Crippen molar-refractivity contribution in [2.24, 2.45) is 0 Å². The summed E-state index contributed by atoms with van der Waals surface area (Å²) in [4.78, 5) is 11.9. The van der Waals surface area contributed by atoms with Crippen LogP contribution in [0.25, 0.3) is 0 Å². The van der Waals surface area contributed by atoms with Crippen molar-refractivity contribution in [1.82, 2.24) is 5.32 Å². The van der Waals surface area contributed by atoms with Crippen molar-refractivity contribution < 1.29 is 13.2 Å². The smallest absolute Gasteiger partial charge is 0.225 e. The minimum Gasteiger partial charge on any atom is -0.325 e. The van der Waals surface area contributed by atoms with E-state index in [9.17, 15) is 13.2 Å². The summed E-state index contributed by atoms with van der Waals surface area (Å²) in [7, 11) is -2.87. The van der Waals surface area contributed by atoms with Crippen molar-refractivity contribution in [3.05, 3.63) is 28.2 Å². The Labute approximate surface area is 133 Å². The molecule has 1 aliphatic heterocycles. The number of hydrogen-bond acceptors (Lipinski definition) is 4. The third kappa shape index (κ3) is 5.09. The molecular weight excluding hydrogens is 356 g/mol. The number of amides is 1. The molecular formula is C14H19BrN2O3S. The summed E-state index contributed by atoms with van der Waals surface area (Å²) in [6.07, 6.45) is 0.949. The maximum Gasteiger partial charge on any atom is 0.225 e. The summed E-state index contributed by atoms with van der Waals surface area (Å²) >= 11 is 3.41. The first-order valence-corrected chi connectivity index (χ1v) is 9.47. The number of halogens is 1. The molecule has 1 aromatic carbocycles. The average Bonchev–Trinajstić information content (AvgIpc) is 2.72. The lowest BCUT2D eigenvalue weighted by Gasteiger charge is -2.11. The molecule has 1 fully saturated rings. The molecule has 2 N–H and O–H groups in total. The predicted octanol–water partition coefficient (Wildman–Crippen LogP) is 1.86. The fraction of sp³-hybridized carbons (Fsp3) is 0.500. The quantitative estimate of drug-likeness (QED) is 0.824. The molecule has 0 saturated carbocycles. The molecule has 1 amide bonds. The fourth-order valence-corrected chi connectivity index (χ4v) is 4.58. The van der Waals surface area contributed by atoms with Gasteiger partial charge in [0.2, 0.25) is 5.91 Å². The van der Waals surface area contributed by atoms with Crippen LogP contribution in [0.3, 0.4) is 0 Å². The van der Waals surface area contributed by atoms with Crippen molar-refractivity contribution in [3.8, 4) is 0 Å². The van der Waals surface area contributed by atoms with Crippen LogP contribution in [0.4, 0.5) is 5.69 Å². The molecule has 0 radical (unpaired) electrons. The van der Waals surface area contributed by atoms with Gasteiger partial charge in [-0.1, -0.05) is 6.07 Å². The number of aryl methyl sites for hydroxylation is 1. The molecule has 1 heterocycles. The number of sulfone groups is 1. The van der Waals surface area contributed by atoms with Crippen LogP contribution >= 0.6 is 15.9 Å². The van der Waals surface area contributed by atoms with Gasteiger partial charge in [-0.05, 0) is 47.0 Å². The van der Waals surface area contributed by atoms with E-state index in [4.69, 9.17) is 0 Å². The van der Waals surface area contributed by atoms with Gasteiger partial charge in [-0.25, -0.2) is 8.42 Å². The summed E-state index contributed by atoms with van der Waals surface area (Å²) in [6, 6.07) is 5.71. The van der Waals surface area contributed by atoms with E-state index in [1.807, 2.05) is 25.1 Å². The second-order valence-corrected chi connectivity index (χ2v) is 8.42. The second-order valence-electron chi connectivity index (χ2n) is 5.34. The monoisotopic (exact) mass is 374 g/mol. The Kier molecular flexibility index (Phi) is 5.40. The lowest BCUT2D eigenvalue weighted by Crippen LogP contribution is -2.32. The van der Waals surface area contributed by atoms with E-state index in [2.05, 4.69) is 26.6 Å².